The Bertz CT molecular complexity index is 792. The number of phenols is 1. The van der Waals surface area contributed by atoms with Gasteiger partial charge in [-0.3, -0.25) is 14.5 Å². The van der Waals surface area contributed by atoms with Crippen molar-refractivity contribution in [2.45, 2.75) is 44.8 Å². The van der Waals surface area contributed by atoms with E-state index in [4.69, 9.17) is 16.3 Å². The van der Waals surface area contributed by atoms with Crippen LogP contribution in [0.25, 0.3) is 0 Å². The van der Waals surface area contributed by atoms with E-state index in [2.05, 4.69) is 22.9 Å². The van der Waals surface area contributed by atoms with E-state index in [0.29, 0.717) is 23.3 Å². The Balaban J connectivity index is 2.01. The van der Waals surface area contributed by atoms with Crippen molar-refractivity contribution >= 4 is 39.2 Å². The summed E-state index contributed by atoms with van der Waals surface area (Å²) in [6.07, 6.45) is 4.74. The number of nitrogens with zero attached hydrogens (tertiary/aromatic N) is 1. The minimum Gasteiger partial charge on any atom is -0.508 e. The highest BCUT2D eigenvalue weighted by atomic mass is 79.9. The molecule has 134 valence electrons. The summed E-state index contributed by atoms with van der Waals surface area (Å²) in [5, 5.41) is 10.2. The van der Waals surface area contributed by atoms with Gasteiger partial charge in [-0.15, -0.1) is 0 Å². The highest BCUT2D eigenvalue weighted by molar-refractivity contribution is 9.11. The Hall–Kier alpha value is -1.53. The first-order valence-corrected chi connectivity index (χ1v) is 9.45. The first-order valence-electron chi connectivity index (χ1n) is 8.28. The van der Waals surface area contributed by atoms with E-state index in [9.17, 15) is 14.7 Å². The molecule has 2 aliphatic heterocycles. The van der Waals surface area contributed by atoms with E-state index in [-0.39, 0.29) is 21.0 Å². The fourth-order valence-corrected chi connectivity index (χ4v) is 4.26. The van der Waals surface area contributed by atoms with Crippen molar-refractivity contribution in [1.82, 2.24) is 4.90 Å². The molecule has 0 saturated heterocycles. The lowest BCUT2D eigenvalue weighted by atomic mass is 9.98. The molecule has 0 saturated carbocycles. The number of aromatic hydroxyl groups is 1. The van der Waals surface area contributed by atoms with Crippen molar-refractivity contribution in [3.63, 3.8) is 0 Å². The van der Waals surface area contributed by atoms with Crippen molar-refractivity contribution in [3.05, 3.63) is 32.8 Å². The number of halogens is 2. The summed E-state index contributed by atoms with van der Waals surface area (Å²) in [6, 6.07) is 3.03. The van der Waals surface area contributed by atoms with Crippen LogP contribution >= 0.6 is 27.5 Å². The van der Waals surface area contributed by atoms with Crippen LogP contribution in [0.5, 0.6) is 11.5 Å². The van der Waals surface area contributed by atoms with E-state index in [1.54, 1.807) is 0 Å². The van der Waals surface area contributed by atoms with Crippen LogP contribution in [0.2, 0.25) is 0 Å². The number of carbonyl (C=O) groups is 2. The molecule has 1 aromatic rings. The molecule has 0 aliphatic carbocycles. The minimum atomic E-state index is -1.61. The molecule has 2 aliphatic rings. The lowest BCUT2D eigenvalue weighted by molar-refractivity contribution is -0.131. The lowest BCUT2D eigenvalue weighted by Gasteiger charge is -2.30. The van der Waals surface area contributed by atoms with Crippen LogP contribution in [0, 0.1) is 0 Å². The molecule has 3 rings (SSSR count). The third-order valence-electron chi connectivity index (χ3n) is 4.77. The summed E-state index contributed by atoms with van der Waals surface area (Å²) in [6.45, 7) is 2.13. The Morgan fingerprint density at radius 1 is 1.28 bits per heavy atom. The molecule has 1 spiro atoms. The van der Waals surface area contributed by atoms with Gasteiger partial charge in [-0.1, -0.05) is 37.8 Å². The van der Waals surface area contributed by atoms with Gasteiger partial charge in [-0.05, 0) is 40.9 Å². The number of fused-ring (bicyclic) bond motifs is 1. The average Bonchev–Trinajstić information content (AvgIpc) is 2.98. The molecule has 1 atom stereocenters. The number of unbranched alkanes of at least 4 members (excludes halogenated alkanes) is 3. The monoisotopic (exact) mass is 427 g/mol. The third kappa shape index (κ3) is 2.57. The van der Waals surface area contributed by atoms with E-state index >= 15 is 0 Å². The summed E-state index contributed by atoms with van der Waals surface area (Å²) >= 11 is 9.30. The van der Waals surface area contributed by atoms with Gasteiger partial charge in [0.25, 0.3) is 11.6 Å². The number of benzene rings is 1. The Morgan fingerprint density at radius 3 is 2.60 bits per heavy atom. The fraction of sp³-hybridized carbons (Fsp3) is 0.444. The lowest BCUT2D eigenvalue weighted by Crippen LogP contribution is -2.53. The zero-order valence-corrected chi connectivity index (χ0v) is 16.4. The van der Waals surface area contributed by atoms with E-state index in [0.717, 1.165) is 25.7 Å². The molecule has 0 bridgehead atoms. The zero-order chi connectivity index (χ0) is 18.4. The minimum absolute atomic E-state index is 0.0719. The Labute approximate surface area is 159 Å². The number of rotatable bonds is 5. The summed E-state index contributed by atoms with van der Waals surface area (Å²) in [5.74, 6) is -0.415. The molecular weight excluding hydrogens is 410 g/mol. The number of phenolic OH excluding ortho intramolecular Hbond substituents is 1. The molecule has 1 unspecified atom stereocenters. The average molecular weight is 429 g/mol. The van der Waals surface area contributed by atoms with Gasteiger partial charge in [-0.2, -0.15) is 0 Å². The highest BCUT2D eigenvalue weighted by Gasteiger charge is 2.61. The SMILES string of the molecule is CCCCCCc1c(O)ccc2c1OC1(C2=O)C(Br)=C(Cl)C(=O)N1C. The smallest absolute Gasteiger partial charge is 0.283 e. The maximum Gasteiger partial charge on any atom is 0.283 e. The number of hydrogen-bond donors (Lipinski definition) is 1. The van der Waals surface area contributed by atoms with E-state index < -0.39 is 11.6 Å². The van der Waals surface area contributed by atoms with Crippen LogP contribution in [0.1, 0.15) is 48.5 Å². The second kappa shape index (κ2) is 6.65. The quantitative estimate of drug-likeness (QED) is 0.717. The molecule has 2 heterocycles. The van der Waals surface area contributed by atoms with Crippen molar-refractivity contribution in [3.8, 4) is 11.5 Å². The van der Waals surface area contributed by atoms with Gasteiger partial charge in [0.05, 0.1) is 10.0 Å². The molecule has 1 aromatic carbocycles. The third-order valence-corrected chi connectivity index (χ3v) is 6.29. The van der Waals surface area contributed by atoms with Gasteiger partial charge in [0.2, 0.25) is 5.78 Å². The van der Waals surface area contributed by atoms with Crippen LogP contribution in [-0.2, 0) is 11.2 Å². The molecule has 5 nitrogen and oxygen atoms in total. The highest BCUT2D eigenvalue weighted by Crippen LogP contribution is 2.51. The Kier molecular flexibility index (Phi) is 4.86. The van der Waals surface area contributed by atoms with E-state index in [1.807, 2.05) is 0 Å². The van der Waals surface area contributed by atoms with Gasteiger partial charge >= 0.3 is 0 Å². The second-order valence-electron chi connectivity index (χ2n) is 6.32. The number of Topliss-reactive ketones (excluding diaryl/α,β-unsaturated/α-hetero) is 1. The van der Waals surface area contributed by atoms with Crippen molar-refractivity contribution in [2.24, 2.45) is 0 Å². The molecule has 1 amide bonds. The van der Waals surface area contributed by atoms with Gasteiger partial charge < -0.3 is 9.84 Å². The van der Waals surface area contributed by atoms with Crippen LogP contribution < -0.4 is 4.74 Å². The maximum absolute atomic E-state index is 13.0. The maximum atomic E-state index is 13.0. The van der Waals surface area contributed by atoms with Crippen LogP contribution in [0.4, 0.5) is 0 Å². The normalized spacial score (nSPS) is 22.2. The molecule has 0 aromatic heterocycles. The standard InChI is InChI=1S/C18H19BrClNO4/c1-3-4-5-6-7-10-12(22)9-8-11-14(10)25-18(16(11)23)15(19)13(20)17(24)21(18)2/h8-9,22H,3-7H2,1-2H3. The number of ketones is 1. The van der Waals surface area contributed by atoms with Gasteiger partial charge in [0.1, 0.15) is 16.5 Å². The summed E-state index contributed by atoms with van der Waals surface area (Å²) in [4.78, 5) is 26.4. The topological polar surface area (TPSA) is 66.8 Å². The van der Waals surface area contributed by atoms with Gasteiger partial charge in [0, 0.05) is 12.6 Å². The fourth-order valence-electron chi connectivity index (χ4n) is 3.30. The predicted molar refractivity (Wildman–Crippen MR) is 98.2 cm³/mol. The van der Waals surface area contributed by atoms with Gasteiger partial charge in [0.15, 0.2) is 0 Å². The van der Waals surface area contributed by atoms with Crippen molar-refractivity contribution < 1.29 is 19.4 Å². The summed E-state index contributed by atoms with van der Waals surface area (Å²) < 4.78 is 6.21. The van der Waals surface area contributed by atoms with Crippen LogP contribution in [0.15, 0.2) is 21.6 Å². The van der Waals surface area contributed by atoms with Crippen LogP contribution in [-0.4, -0.2) is 34.5 Å². The largest absolute Gasteiger partial charge is 0.508 e. The first-order chi connectivity index (χ1) is 11.9. The molecule has 1 N–H and O–H groups in total. The number of amides is 1. The Morgan fingerprint density at radius 2 is 2.00 bits per heavy atom. The summed E-state index contributed by atoms with van der Waals surface area (Å²) in [7, 11) is 1.48. The molecular formula is C18H19BrClNO4. The number of carbonyl (C=O) groups excluding carboxylic acids is 2. The second-order valence-corrected chi connectivity index (χ2v) is 7.49. The van der Waals surface area contributed by atoms with E-state index in [1.165, 1.54) is 24.1 Å². The number of hydrogen-bond acceptors (Lipinski definition) is 4. The first kappa shape index (κ1) is 18.3. The molecule has 0 fully saturated rings. The number of ether oxygens (including phenoxy) is 1. The van der Waals surface area contributed by atoms with Crippen molar-refractivity contribution in [2.75, 3.05) is 7.05 Å². The van der Waals surface area contributed by atoms with Crippen LogP contribution in [0.3, 0.4) is 0 Å². The molecule has 25 heavy (non-hydrogen) atoms. The number of likely N-dealkylation sites (N-methyl/N-ethyl adjacent to an activating group) is 1. The molecule has 7 heteroatoms. The molecule has 0 radical (unpaired) electrons. The summed E-state index contributed by atoms with van der Waals surface area (Å²) in [5.41, 5.74) is -0.656. The van der Waals surface area contributed by atoms with Gasteiger partial charge in [-0.25, -0.2) is 0 Å². The zero-order valence-electron chi connectivity index (χ0n) is 14.1. The predicted octanol–water partition coefficient (Wildman–Crippen LogP) is 4.10. The van der Waals surface area contributed by atoms with Crippen molar-refractivity contribution in [1.29, 1.82) is 0 Å².